The smallest absolute Gasteiger partial charge is 0.241 e. The number of nitrogens with one attached hydrogen (secondary N) is 1. The van der Waals surface area contributed by atoms with Gasteiger partial charge in [0.2, 0.25) is 5.91 Å². The maximum Gasteiger partial charge on any atom is 0.241 e. The molecule has 0 aliphatic rings. The Labute approximate surface area is 102 Å². The normalized spacial score (nSPS) is 14.1. The highest BCUT2D eigenvalue weighted by atomic mass is 16.2. The lowest BCUT2D eigenvalue weighted by Crippen LogP contribution is -2.40. The molecule has 94 valence electrons. The fourth-order valence-electron chi connectivity index (χ4n) is 1.34. The summed E-state index contributed by atoms with van der Waals surface area (Å²) in [5, 5.41) is 2.72. The Hall–Kier alpha value is -1.49. The lowest BCUT2D eigenvalue weighted by atomic mass is 9.99. The monoisotopic (exact) mass is 236 g/mol. The van der Waals surface area contributed by atoms with E-state index >= 15 is 0 Å². The predicted molar refractivity (Wildman–Crippen MR) is 67.5 cm³/mol. The van der Waals surface area contributed by atoms with E-state index in [4.69, 9.17) is 5.73 Å². The molecule has 5 heteroatoms. The zero-order valence-corrected chi connectivity index (χ0v) is 10.6. The summed E-state index contributed by atoms with van der Waals surface area (Å²) >= 11 is 0. The van der Waals surface area contributed by atoms with E-state index in [1.165, 1.54) is 0 Å². The first-order chi connectivity index (χ1) is 8.08. The Kier molecular flexibility index (Phi) is 5.03. The van der Waals surface area contributed by atoms with Crippen molar-refractivity contribution in [2.24, 2.45) is 11.7 Å². The van der Waals surface area contributed by atoms with Gasteiger partial charge in [0, 0.05) is 6.42 Å². The molecule has 0 saturated carbocycles. The molecule has 0 aromatic carbocycles. The summed E-state index contributed by atoms with van der Waals surface area (Å²) in [6.45, 7) is 5.95. The molecule has 1 aromatic heterocycles. The first-order valence-corrected chi connectivity index (χ1v) is 5.95. The van der Waals surface area contributed by atoms with Gasteiger partial charge >= 0.3 is 0 Å². The van der Waals surface area contributed by atoms with Gasteiger partial charge in [0.25, 0.3) is 0 Å². The molecule has 0 saturated heterocycles. The standard InChI is InChI=1S/C12H20N4O/c1-4-8(3)11(13)12(17)16-9-6-14-10(5-2)15-7-9/h6-8,11H,4-5,13H2,1-3H3,(H,16,17). The Morgan fingerprint density at radius 2 is 2.00 bits per heavy atom. The van der Waals surface area contributed by atoms with E-state index in [1.54, 1.807) is 12.4 Å². The number of nitrogens with zero attached hydrogens (tertiary/aromatic N) is 2. The highest BCUT2D eigenvalue weighted by Gasteiger charge is 2.19. The average Bonchev–Trinajstić information content (AvgIpc) is 2.37. The summed E-state index contributed by atoms with van der Waals surface area (Å²) in [4.78, 5) is 20.0. The van der Waals surface area contributed by atoms with Crippen LogP contribution >= 0.6 is 0 Å². The zero-order valence-electron chi connectivity index (χ0n) is 10.6. The molecule has 0 fully saturated rings. The van der Waals surface area contributed by atoms with Crippen LogP contribution in [-0.2, 0) is 11.2 Å². The Bertz CT molecular complexity index is 363. The van der Waals surface area contributed by atoms with Crippen molar-refractivity contribution in [1.29, 1.82) is 0 Å². The van der Waals surface area contributed by atoms with E-state index in [0.29, 0.717) is 5.69 Å². The number of aryl methyl sites for hydroxylation is 1. The molecule has 1 heterocycles. The van der Waals surface area contributed by atoms with Crippen molar-refractivity contribution in [2.75, 3.05) is 5.32 Å². The number of aromatic nitrogens is 2. The van der Waals surface area contributed by atoms with E-state index < -0.39 is 6.04 Å². The van der Waals surface area contributed by atoms with Crippen LogP contribution in [0.3, 0.4) is 0 Å². The number of amides is 1. The lowest BCUT2D eigenvalue weighted by Gasteiger charge is -2.17. The molecular formula is C12H20N4O. The summed E-state index contributed by atoms with van der Waals surface area (Å²) in [5.74, 6) is 0.729. The summed E-state index contributed by atoms with van der Waals surface area (Å²) in [5.41, 5.74) is 6.41. The van der Waals surface area contributed by atoms with Crippen molar-refractivity contribution >= 4 is 11.6 Å². The predicted octanol–water partition coefficient (Wildman–Crippen LogP) is 1.35. The summed E-state index contributed by atoms with van der Waals surface area (Å²) in [6.07, 6.45) is 4.86. The van der Waals surface area contributed by atoms with E-state index in [0.717, 1.165) is 18.7 Å². The van der Waals surface area contributed by atoms with Gasteiger partial charge in [-0.3, -0.25) is 4.79 Å². The molecule has 2 atom stereocenters. The number of nitrogens with two attached hydrogens (primary N) is 1. The summed E-state index contributed by atoms with van der Waals surface area (Å²) < 4.78 is 0. The Morgan fingerprint density at radius 1 is 1.41 bits per heavy atom. The van der Waals surface area contributed by atoms with Crippen LogP contribution in [0.2, 0.25) is 0 Å². The van der Waals surface area contributed by atoms with Crippen LogP contribution in [0.25, 0.3) is 0 Å². The van der Waals surface area contributed by atoms with E-state index in [2.05, 4.69) is 15.3 Å². The fourth-order valence-corrected chi connectivity index (χ4v) is 1.34. The van der Waals surface area contributed by atoms with Crippen LogP contribution in [0, 0.1) is 5.92 Å². The van der Waals surface area contributed by atoms with Gasteiger partial charge in [0.15, 0.2) is 0 Å². The molecular weight excluding hydrogens is 216 g/mol. The topological polar surface area (TPSA) is 80.9 Å². The number of rotatable bonds is 5. The van der Waals surface area contributed by atoms with Crippen LogP contribution in [0.4, 0.5) is 5.69 Å². The summed E-state index contributed by atoms with van der Waals surface area (Å²) in [6, 6.07) is -0.495. The number of hydrogen-bond acceptors (Lipinski definition) is 4. The second-order valence-electron chi connectivity index (χ2n) is 4.14. The van der Waals surface area contributed by atoms with Gasteiger partial charge < -0.3 is 11.1 Å². The third-order valence-corrected chi connectivity index (χ3v) is 2.85. The van der Waals surface area contributed by atoms with E-state index in [1.807, 2.05) is 20.8 Å². The first kappa shape index (κ1) is 13.6. The maximum atomic E-state index is 11.8. The molecule has 0 aliphatic carbocycles. The minimum Gasteiger partial charge on any atom is -0.322 e. The van der Waals surface area contributed by atoms with Gasteiger partial charge in [-0.15, -0.1) is 0 Å². The molecule has 0 radical (unpaired) electrons. The fraction of sp³-hybridized carbons (Fsp3) is 0.583. The van der Waals surface area contributed by atoms with Crippen LogP contribution < -0.4 is 11.1 Å². The molecule has 0 aliphatic heterocycles. The quantitative estimate of drug-likeness (QED) is 0.808. The molecule has 17 heavy (non-hydrogen) atoms. The third kappa shape index (κ3) is 3.78. The molecule has 2 unspecified atom stereocenters. The summed E-state index contributed by atoms with van der Waals surface area (Å²) in [7, 11) is 0. The van der Waals surface area contributed by atoms with Crippen molar-refractivity contribution in [3.8, 4) is 0 Å². The van der Waals surface area contributed by atoms with Gasteiger partial charge in [-0.25, -0.2) is 9.97 Å². The van der Waals surface area contributed by atoms with E-state index in [9.17, 15) is 4.79 Å². The number of carbonyl (C=O) groups excluding carboxylic acids is 1. The molecule has 0 spiro atoms. The van der Waals surface area contributed by atoms with Crippen LogP contribution in [0.5, 0.6) is 0 Å². The lowest BCUT2D eigenvalue weighted by molar-refractivity contribution is -0.118. The minimum absolute atomic E-state index is 0.158. The Balaban J connectivity index is 2.61. The molecule has 0 bridgehead atoms. The van der Waals surface area contributed by atoms with Gasteiger partial charge in [-0.1, -0.05) is 27.2 Å². The highest BCUT2D eigenvalue weighted by molar-refractivity contribution is 5.94. The molecule has 1 amide bonds. The van der Waals surface area contributed by atoms with Crippen molar-refractivity contribution in [3.63, 3.8) is 0 Å². The van der Waals surface area contributed by atoms with Gasteiger partial charge in [0.05, 0.1) is 24.1 Å². The van der Waals surface area contributed by atoms with Crippen LogP contribution in [0.1, 0.15) is 33.0 Å². The third-order valence-electron chi connectivity index (χ3n) is 2.85. The van der Waals surface area contributed by atoms with Gasteiger partial charge in [-0.05, 0) is 5.92 Å². The number of carbonyl (C=O) groups is 1. The van der Waals surface area contributed by atoms with Crippen molar-refractivity contribution in [3.05, 3.63) is 18.2 Å². The van der Waals surface area contributed by atoms with Crippen LogP contribution in [0.15, 0.2) is 12.4 Å². The van der Waals surface area contributed by atoms with Crippen LogP contribution in [-0.4, -0.2) is 21.9 Å². The first-order valence-electron chi connectivity index (χ1n) is 5.95. The largest absolute Gasteiger partial charge is 0.322 e. The zero-order chi connectivity index (χ0) is 12.8. The maximum absolute atomic E-state index is 11.8. The van der Waals surface area contributed by atoms with Gasteiger partial charge in [0.1, 0.15) is 5.82 Å². The Morgan fingerprint density at radius 3 is 2.47 bits per heavy atom. The molecule has 3 N–H and O–H groups in total. The minimum atomic E-state index is -0.495. The molecule has 5 nitrogen and oxygen atoms in total. The molecule has 1 aromatic rings. The van der Waals surface area contributed by atoms with Crippen molar-refractivity contribution in [1.82, 2.24) is 9.97 Å². The second kappa shape index (κ2) is 6.30. The SMILES string of the molecule is CCc1ncc(NC(=O)C(N)C(C)CC)cn1. The highest BCUT2D eigenvalue weighted by Crippen LogP contribution is 2.09. The number of hydrogen-bond donors (Lipinski definition) is 2. The second-order valence-corrected chi connectivity index (χ2v) is 4.14. The molecule has 1 rings (SSSR count). The van der Waals surface area contributed by atoms with Crippen molar-refractivity contribution < 1.29 is 4.79 Å². The number of anilines is 1. The van der Waals surface area contributed by atoms with Gasteiger partial charge in [-0.2, -0.15) is 0 Å². The van der Waals surface area contributed by atoms with Crippen molar-refractivity contribution in [2.45, 2.75) is 39.7 Å². The van der Waals surface area contributed by atoms with E-state index in [-0.39, 0.29) is 11.8 Å². The average molecular weight is 236 g/mol.